The van der Waals surface area contributed by atoms with Gasteiger partial charge in [-0.3, -0.25) is 14.5 Å². The normalized spacial score (nSPS) is 16.6. The number of hydrogen-bond acceptors (Lipinski definition) is 3. The van der Waals surface area contributed by atoms with Gasteiger partial charge < -0.3 is 9.64 Å². The summed E-state index contributed by atoms with van der Waals surface area (Å²) in [5.74, 6) is 0.353. The molecule has 0 spiro atoms. The minimum Gasteiger partial charge on any atom is -0.497 e. The van der Waals surface area contributed by atoms with E-state index in [0.29, 0.717) is 22.0 Å². The molecule has 0 aliphatic carbocycles. The lowest BCUT2D eigenvalue weighted by atomic mass is 9.98. The summed E-state index contributed by atoms with van der Waals surface area (Å²) >= 11 is 6.04. The molecule has 31 heavy (non-hydrogen) atoms. The molecule has 1 heterocycles. The van der Waals surface area contributed by atoms with Crippen LogP contribution in [0.3, 0.4) is 0 Å². The van der Waals surface area contributed by atoms with Gasteiger partial charge in [-0.2, -0.15) is 0 Å². The maximum absolute atomic E-state index is 13.7. The molecule has 158 valence electrons. The average Bonchev–Trinajstić information content (AvgIpc) is 2.77. The smallest absolute Gasteiger partial charge is 0.255 e. The van der Waals surface area contributed by atoms with Crippen LogP contribution in [0, 0.1) is 13.8 Å². The number of ether oxygens (including phenoxy) is 1. The van der Waals surface area contributed by atoms with Crippen molar-refractivity contribution in [1.29, 1.82) is 0 Å². The molecule has 1 fully saturated rings. The first-order valence-corrected chi connectivity index (χ1v) is 10.4. The maximum Gasteiger partial charge on any atom is 0.255 e. The van der Waals surface area contributed by atoms with Gasteiger partial charge in [-0.05, 0) is 79.1 Å². The molecular weight excluding hydrogens is 412 g/mol. The van der Waals surface area contributed by atoms with Crippen LogP contribution in [0.15, 0.2) is 66.7 Å². The fraction of sp³-hybridized carbons (Fsp3) is 0.200. The van der Waals surface area contributed by atoms with Crippen LogP contribution in [0.5, 0.6) is 5.75 Å². The zero-order valence-electron chi connectivity index (χ0n) is 17.6. The molecule has 1 aliphatic rings. The van der Waals surface area contributed by atoms with E-state index < -0.39 is 6.04 Å². The minimum absolute atomic E-state index is 0.0311. The third kappa shape index (κ3) is 4.01. The number of hydrogen-bond donors (Lipinski definition) is 0. The van der Waals surface area contributed by atoms with Crippen molar-refractivity contribution in [3.8, 4) is 5.75 Å². The van der Waals surface area contributed by atoms with E-state index in [4.69, 9.17) is 16.3 Å². The van der Waals surface area contributed by atoms with Gasteiger partial charge in [0.2, 0.25) is 5.91 Å². The number of halogens is 1. The number of anilines is 2. The molecule has 0 radical (unpaired) electrons. The van der Waals surface area contributed by atoms with E-state index in [0.717, 1.165) is 16.8 Å². The fourth-order valence-corrected chi connectivity index (χ4v) is 3.90. The molecule has 0 unspecified atom stereocenters. The molecule has 2 amide bonds. The number of piperazine rings is 1. The number of amides is 2. The Morgan fingerprint density at radius 3 is 2.13 bits per heavy atom. The monoisotopic (exact) mass is 434 g/mol. The fourth-order valence-electron chi connectivity index (χ4n) is 3.78. The van der Waals surface area contributed by atoms with Gasteiger partial charge in [-0.15, -0.1) is 0 Å². The maximum atomic E-state index is 13.7. The summed E-state index contributed by atoms with van der Waals surface area (Å²) in [5.41, 5.74) is 4.26. The highest BCUT2D eigenvalue weighted by Gasteiger charge is 2.41. The summed E-state index contributed by atoms with van der Waals surface area (Å²) in [7, 11) is 1.59. The topological polar surface area (TPSA) is 49.9 Å². The van der Waals surface area contributed by atoms with Gasteiger partial charge in [-0.25, -0.2) is 0 Å². The van der Waals surface area contributed by atoms with Crippen LogP contribution >= 0.6 is 11.6 Å². The third-order valence-electron chi connectivity index (χ3n) is 5.66. The molecule has 1 saturated heterocycles. The summed E-state index contributed by atoms with van der Waals surface area (Å²) in [6, 6.07) is 19.2. The molecule has 0 N–H and O–H groups in total. The van der Waals surface area contributed by atoms with Gasteiger partial charge in [-0.1, -0.05) is 29.8 Å². The number of carbonyl (C=O) groups is 2. The Labute approximate surface area is 186 Å². The molecule has 1 atom stereocenters. The Hall–Kier alpha value is -3.31. The zero-order chi connectivity index (χ0) is 22.1. The van der Waals surface area contributed by atoms with Crippen molar-refractivity contribution in [1.82, 2.24) is 0 Å². The van der Waals surface area contributed by atoms with E-state index in [-0.39, 0.29) is 18.4 Å². The first kappa shape index (κ1) is 20.9. The number of nitrogens with zero attached hydrogens (tertiary/aromatic N) is 2. The van der Waals surface area contributed by atoms with Crippen LogP contribution in [0.1, 0.15) is 22.7 Å². The summed E-state index contributed by atoms with van der Waals surface area (Å²) < 4.78 is 5.25. The van der Waals surface area contributed by atoms with Crippen molar-refractivity contribution in [2.75, 3.05) is 23.5 Å². The van der Waals surface area contributed by atoms with Crippen LogP contribution in [0.4, 0.5) is 11.4 Å². The second-order valence-electron chi connectivity index (χ2n) is 7.61. The van der Waals surface area contributed by atoms with Crippen molar-refractivity contribution < 1.29 is 14.3 Å². The van der Waals surface area contributed by atoms with Crippen molar-refractivity contribution in [2.24, 2.45) is 0 Å². The highest BCUT2D eigenvalue weighted by Crippen LogP contribution is 2.36. The molecular formula is C25H23ClN2O3. The predicted molar refractivity (Wildman–Crippen MR) is 123 cm³/mol. The lowest BCUT2D eigenvalue weighted by molar-refractivity contribution is -0.128. The van der Waals surface area contributed by atoms with Gasteiger partial charge in [0.1, 0.15) is 18.3 Å². The Kier molecular flexibility index (Phi) is 5.70. The molecule has 0 aromatic heterocycles. The van der Waals surface area contributed by atoms with Gasteiger partial charge >= 0.3 is 0 Å². The summed E-state index contributed by atoms with van der Waals surface area (Å²) in [6.07, 6.45) is 0. The summed E-state index contributed by atoms with van der Waals surface area (Å²) in [4.78, 5) is 30.2. The standard InChI is InChI=1S/C25H23ClN2O3/c1-16-4-9-21(14-17(16)2)27-15-23(29)28(20-10-7-19(26)8-11-20)24(25(27)30)18-5-12-22(31-3)13-6-18/h4-14,24H,15H2,1-3H3/t24-/m1/s1. The molecule has 0 bridgehead atoms. The third-order valence-corrected chi connectivity index (χ3v) is 5.91. The van der Waals surface area contributed by atoms with Crippen molar-refractivity contribution in [3.63, 3.8) is 0 Å². The van der Waals surface area contributed by atoms with E-state index in [2.05, 4.69) is 0 Å². The van der Waals surface area contributed by atoms with E-state index in [1.807, 2.05) is 44.2 Å². The summed E-state index contributed by atoms with van der Waals surface area (Å²) in [6.45, 7) is 3.98. The molecule has 6 heteroatoms. The number of aryl methyl sites for hydroxylation is 2. The Morgan fingerprint density at radius 1 is 0.871 bits per heavy atom. The SMILES string of the molecule is COc1ccc([C@@H]2C(=O)N(c3ccc(C)c(C)c3)CC(=O)N2c2ccc(Cl)cc2)cc1. The lowest BCUT2D eigenvalue weighted by Crippen LogP contribution is -2.56. The lowest BCUT2D eigenvalue weighted by Gasteiger charge is -2.40. The van der Waals surface area contributed by atoms with E-state index >= 15 is 0 Å². The number of benzene rings is 3. The number of methoxy groups -OCH3 is 1. The van der Waals surface area contributed by atoms with Crippen molar-refractivity contribution >= 4 is 34.8 Å². The Morgan fingerprint density at radius 2 is 1.52 bits per heavy atom. The molecule has 0 saturated carbocycles. The van der Waals surface area contributed by atoms with E-state index in [9.17, 15) is 9.59 Å². The van der Waals surface area contributed by atoms with E-state index in [1.54, 1.807) is 53.3 Å². The first-order chi connectivity index (χ1) is 14.9. The molecule has 3 aromatic rings. The highest BCUT2D eigenvalue weighted by atomic mass is 35.5. The van der Waals surface area contributed by atoms with Crippen LogP contribution in [0.2, 0.25) is 5.02 Å². The first-order valence-electron chi connectivity index (χ1n) is 9.99. The summed E-state index contributed by atoms with van der Waals surface area (Å²) in [5, 5.41) is 0.567. The second kappa shape index (κ2) is 8.44. The largest absolute Gasteiger partial charge is 0.497 e. The van der Waals surface area contributed by atoms with Crippen LogP contribution in [-0.4, -0.2) is 25.5 Å². The van der Waals surface area contributed by atoms with Crippen LogP contribution in [-0.2, 0) is 9.59 Å². The minimum atomic E-state index is -0.796. The molecule has 3 aromatic carbocycles. The van der Waals surface area contributed by atoms with Gasteiger partial charge in [0.15, 0.2) is 0 Å². The molecule has 5 nitrogen and oxygen atoms in total. The Balaban J connectivity index is 1.80. The van der Waals surface area contributed by atoms with Gasteiger partial charge in [0.25, 0.3) is 5.91 Å². The van der Waals surface area contributed by atoms with E-state index in [1.165, 1.54) is 0 Å². The zero-order valence-corrected chi connectivity index (χ0v) is 18.4. The van der Waals surface area contributed by atoms with Crippen molar-refractivity contribution in [2.45, 2.75) is 19.9 Å². The predicted octanol–water partition coefficient (Wildman–Crippen LogP) is 5.09. The highest BCUT2D eigenvalue weighted by molar-refractivity contribution is 6.30. The molecule has 4 rings (SSSR count). The number of rotatable bonds is 4. The van der Waals surface area contributed by atoms with Gasteiger partial charge in [0, 0.05) is 16.4 Å². The van der Waals surface area contributed by atoms with Crippen molar-refractivity contribution in [3.05, 3.63) is 88.4 Å². The number of carbonyl (C=O) groups excluding carboxylic acids is 2. The average molecular weight is 435 g/mol. The van der Waals surface area contributed by atoms with Crippen LogP contribution < -0.4 is 14.5 Å². The van der Waals surface area contributed by atoms with Gasteiger partial charge in [0.05, 0.1) is 7.11 Å². The molecule has 1 aliphatic heterocycles. The van der Waals surface area contributed by atoms with Crippen LogP contribution in [0.25, 0.3) is 0 Å². The second-order valence-corrected chi connectivity index (χ2v) is 8.05. The quantitative estimate of drug-likeness (QED) is 0.575. The Bertz CT molecular complexity index is 1130.